The summed E-state index contributed by atoms with van der Waals surface area (Å²) >= 11 is 0. The molecule has 2 N–H and O–H groups in total. The summed E-state index contributed by atoms with van der Waals surface area (Å²) in [5, 5.41) is 16.8. The van der Waals surface area contributed by atoms with E-state index in [2.05, 4.69) is 10.5 Å². The number of aromatic nitrogens is 1. The summed E-state index contributed by atoms with van der Waals surface area (Å²) in [6, 6.07) is 7.41. The minimum atomic E-state index is -0.597. The summed E-state index contributed by atoms with van der Waals surface area (Å²) in [5.41, 5.74) is 0.669. The maximum absolute atomic E-state index is 12.2. The van der Waals surface area contributed by atoms with Gasteiger partial charge in [0.2, 0.25) is 5.91 Å². The van der Waals surface area contributed by atoms with Crippen molar-refractivity contribution in [2.75, 3.05) is 20.3 Å². The third-order valence-electron chi connectivity index (χ3n) is 3.35. The molecule has 2 aromatic rings. The minimum absolute atomic E-state index is 0.0208. The largest absolute Gasteiger partial charge is 0.396 e. The van der Waals surface area contributed by atoms with E-state index in [9.17, 15) is 4.79 Å². The Morgan fingerprint density at radius 3 is 2.95 bits per heavy atom. The first-order valence-electron chi connectivity index (χ1n) is 6.82. The van der Waals surface area contributed by atoms with Gasteiger partial charge in [-0.1, -0.05) is 17.3 Å². The highest BCUT2D eigenvalue weighted by atomic mass is 16.5. The fourth-order valence-corrected chi connectivity index (χ4v) is 2.33. The molecule has 21 heavy (non-hydrogen) atoms. The number of fused-ring (bicyclic) bond motifs is 1. The van der Waals surface area contributed by atoms with Crippen molar-refractivity contribution < 1.29 is 19.2 Å². The van der Waals surface area contributed by atoms with Crippen molar-refractivity contribution in [2.24, 2.45) is 0 Å². The second-order valence-electron chi connectivity index (χ2n) is 5.32. The van der Waals surface area contributed by atoms with Gasteiger partial charge < -0.3 is 19.7 Å². The van der Waals surface area contributed by atoms with E-state index in [0.717, 1.165) is 5.39 Å². The van der Waals surface area contributed by atoms with Gasteiger partial charge in [-0.15, -0.1) is 0 Å². The van der Waals surface area contributed by atoms with E-state index in [0.29, 0.717) is 24.3 Å². The molecule has 0 aliphatic carbocycles. The molecule has 6 nitrogen and oxygen atoms in total. The van der Waals surface area contributed by atoms with Crippen molar-refractivity contribution in [2.45, 2.75) is 25.3 Å². The van der Waals surface area contributed by atoms with Crippen LogP contribution in [0.25, 0.3) is 11.0 Å². The summed E-state index contributed by atoms with van der Waals surface area (Å²) in [7, 11) is 1.56. The van der Waals surface area contributed by atoms with E-state index in [4.69, 9.17) is 14.4 Å². The highest BCUT2D eigenvalue weighted by Gasteiger charge is 2.26. The maximum atomic E-state index is 12.2. The third kappa shape index (κ3) is 3.80. The Bertz CT molecular complexity index is 602. The fraction of sp³-hybridized carbons (Fsp3) is 0.467. The number of carbonyl (C=O) groups excluding carboxylic acids is 1. The molecule has 1 unspecified atom stereocenters. The number of nitrogens with zero attached hydrogens (tertiary/aromatic N) is 1. The smallest absolute Gasteiger partial charge is 0.226 e. The molecule has 0 radical (unpaired) electrons. The normalized spacial score (nSPS) is 14.0. The maximum Gasteiger partial charge on any atom is 0.226 e. The number of aliphatic hydroxyl groups is 1. The van der Waals surface area contributed by atoms with E-state index in [1.807, 2.05) is 31.2 Å². The second kappa shape index (κ2) is 6.69. The molecule has 1 aromatic carbocycles. The minimum Gasteiger partial charge on any atom is -0.396 e. The monoisotopic (exact) mass is 292 g/mol. The van der Waals surface area contributed by atoms with E-state index in [-0.39, 0.29) is 18.9 Å². The van der Waals surface area contributed by atoms with Gasteiger partial charge in [0.05, 0.1) is 18.6 Å². The predicted octanol–water partition coefficient (Wildman–Crippen LogP) is 1.27. The Labute approximate surface area is 123 Å². The number of carbonyl (C=O) groups is 1. The number of amides is 1. The van der Waals surface area contributed by atoms with Crippen LogP contribution in [0, 0.1) is 0 Å². The first-order valence-corrected chi connectivity index (χ1v) is 6.82. The standard InChI is InChI=1S/C15H20N2O4/c1-15(7-8-18,10-20-2)16-14(19)9-12-11-5-3-4-6-13(11)21-17-12/h3-6,18H,7-10H2,1-2H3,(H,16,19). The molecule has 0 spiro atoms. The lowest BCUT2D eigenvalue weighted by molar-refractivity contribution is -0.123. The Morgan fingerprint density at radius 1 is 1.48 bits per heavy atom. The van der Waals surface area contributed by atoms with Crippen molar-refractivity contribution in [1.82, 2.24) is 10.5 Å². The summed E-state index contributed by atoms with van der Waals surface area (Å²) in [6.07, 6.45) is 0.549. The summed E-state index contributed by atoms with van der Waals surface area (Å²) in [6.45, 7) is 2.15. The number of aliphatic hydroxyl groups excluding tert-OH is 1. The van der Waals surface area contributed by atoms with Crippen LogP contribution in [0.3, 0.4) is 0 Å². The second-order valence-corrected chi connectivity index (χ2v) is 5.32. The average molecular weight is 292 g/mol. The Kier molecular flexibility index (Phi) is 4.93. The van der Waals surface area contributed by atoms with Crippen LogP contribution in [0.1, 0.15) is 19.0 Å². The molecule has 0 aliphatic heterocycles. The predicted molar refractivity (Wildman–Crippen MR) is 77.8 cm³/mol. The molecular formula is C15H20N2O4. The molecule has 6 heteroatoms. The molecule has 1 heterocycles. The van der Waals surface area contributed by atoms with Gasteiger partial charge in [-0.2, -0.15) is 0 Å². The molecule has 0 aliphatic rings. The van der Waals surface area contributed by atoms with Crippen LogP contribution in [0.15, 0.2) is 28.8 Å². The van der Waals surface area contributed by atoms with Crippen LogP contribution < -0.4 is 5.32 Å². The number of rotatable bonds is 7. The quantitative estimate of drug-likeness (QED) is 0.803. The first kappa shape index (κ1) is 15.5. The van der Waals surface area contributed by atoms with E-state index < -0.39 is 5.54 Å². The van der Waals surface area contributed by atoms with Gasteiger partial charge >= 0.3 is 0 Å². The van der Waals surface area contributed by atoms with Gasteiger partial charge in [-0.25, -0.2) is 0 Å². The number of nitrogens with one attached hydrogen (secondary N) is 1. The number of para-hydroxylation sites is 1. The molecule has 1 amide bonds. The van der Waals surface area contributed by atoms with Gasteiger partial charge in [0, 0.05) is 19.1 Å². The summed E-state index contributed by atoms with van der Waals surface area (Å²) < 4.78 is 10.3. The summed E-state index contributed by atoms with van der Waals surface area (Å²) in [4.78, 5) is 12.2. The zero-order chi connectivity index (χ0) is 15.3. The number of ether oxygens (including phenoxy) is 1. The number of hydrogen-bond donors (Lipinski definition) is 2. The van der Waals surface area contributed by atoms with E-state index in [1.165, 1.54) is 0 Å². The van der Waals surface area contributed by atoms with Crippen LogP contribution in [-0.2, 0) is 16.0 Å². The van der Waals surface area contributed by atoms with Crippen molar-refractivity contribution in [1.29, 1.82) is 0 Å². The SMILES string of the molecule is COCC(C)(CCO)NC(=O)Cc1noc2ccccc12. The molecule has 2 rings (SSSR count). The van der Waals surface area contributed by atoms with Gasteiger partial charge in [0.1, 0.15) is 5.69 Å². The molecule has 0 saturated carbocycles. The highest BCUT2D eigenvalue weighted by Crippen LogP contribution is 2.18. The lowest BCUT2D eigenvalue weighted by Crippen LogP contribution is -2.50. The molecular weight excluding hydrogens is 272 g/mol. The van der Waals surface area contributed by atoms with Crippen LogP contribution >= 0.6 is 0 Å². The molecule has 0 fully saturated rings. The van der Waals surface area contributed by atoms with Crippen molar-refractivity contribution in [3.8, 4) is 0 Å². The van der Waals surface area contributed by atoms with Crippen molar-refractivity contribution >= 4 is 16.9 Å². The van der Waals surface area contributed by atoms with Gasteiger partial charge in [-0.3, -0.25) is 4.79 Å². The number of benzene rings is 1. The van der Waals surface area contributed by atoms with Crippen molar-refractivity contribution in [3.63, 3.8) is 0 Å². The van der Waals surface area contributed by atoms with Crippen LogP contribution in [-0.4, -0.2) is 42.0 Å². The molecule has 0 saturated heterocycles. The van der Waals surface area contributed by atoms with Crippen molar-refractivity contribution in [3.05, 3.63) is 30.0 Å². The van der Waals surface area contributed by atoms with Crippen LogP contribution in [0.4, 0.5) is 0 Å². The molecule has 114 valence electrons. The topological polar surface area (TPSA) is 84.6 Å². The molecule has 0 bridgehead atoms. The lowest BCUT2D eigenvalue weighted by Gasteiger charge is -2.29. The van der Waals surface area contributed by atoms with E-state index in [1.54, 1.807) is 7.11 Å². The zero-order valence-electron chi connectivity index (χ0n) is 12.3. The number of methoxy groups -OCH3 is 1. The Morgan fingerprint density at radius 2 is 2.24 bits per heavy atom. The lowest BCUT2D eigenvalue weighted by atomic mass is 9.99. The molecule has 1 aromatic heterocycles. The van der Waals surface area contributed by atoms with Gasteiger partial charge in [0.25, 0.3) is 0 Å². The van der Waals surface area contributed by atoms with Crippen LogP contribution in [0.5, 0.6) is 0 Å². The Hall–Kier alpha value is -1.92. The van der Waals surface area contributed by atoms with Crippen LogP contribution in [0.2, 0.25) is 0 Å². The van der Waals surface area contributed by atoms with Gasteiger partial charge in [-0.05, 0) is 25.5 Å². The average Bonchev–Trinajstić information content (AvgIpc) is 2.82. The first-order chi connectivity index (χ1) is 10.1. The fourth-order valence-electron chi connectivity index (χ4n) is 2.33. The highest BCUT2D eigenvalue weighted by molar-refractivity contribution is 5.86. The van der Waals surface area contributed by atoms with E-state index >= 15 is 0 Å². The third-order valence-corrected chi connectivity index (χ3v) is 3.35. The molecule has 1 atom stereocenters. The number of hydrogen-bond acceptors (Lipinski definition) is 5. The zero-order valence-corrected chi connectivity index (χ0v) is 12.3. The summed E-state index contributed by atoms with van der Waals surface area (Å²) in [5.74, 6) is -0.179. The Balaban J connectivity index is 2.07. The van der Waals surface area contributed by atoms with Gasteiger partial charge in [0.15, 0.2) is 5.58 Å².